The van der Waals surface area contributed by atoms with E-state index in [1.807, 2.05) is 35.0 Å². The molecule has 1 aromatic carbocycles. The molecule has 0 aliphatic heterocycles. The molecular formula is C14H10ClFN2S. The SMILES string of the molecule is Fc1ccc(CSc2ncc3ccccn23)c(Cl)c1. The van der Waals surface area contributed by atoms with Gasteiger partial charge in [-0.1, -0.05) is 35.5 Å². The summed E-state index contributed by atoms with van der Waals surface area (Å²) >= 11 is 7.58. The molecule has 3 rings (SSSR count). The number of benzene rings is 1. The summed E-state index contributed by atoms with van der Waals surface area (Å²) in [5.41, 5.74) is 1.95. The number of aromatic nitrogens is 2. The van der Waals surface area contributed by atoms with Crippen molar-refractivity contribution in [3.63, 3.8) is 0 Å². The molecule has 5 heteroatoms. The topological polar surface area (TPSA) is 17.3 Å². The molecule has 0 radical (unpaired) electrons. The van der Waals surface area contributed by atoms with E-state index in [0.717, 1.165) is 16.2 Å². The summed E-state index contributed by atoms with van der Waals surface area (Å²) in [4.78, 5) is 4.37. The van der Waals surface area contributed by atoms with Crippen LogP contribution in [0.5, 0.6) is 0 Å². The van der Waals surface area contributed by atoms with E-state index >= 15 is 0 Å². The Kier molecular flexibility index (Phi) is 3.44. The highest BCUT2D eigenvalue weighted by molar-refractivity contribution is 7.98. The summed E-state index contributed by atoms with van der Waals surface area (Å²) in [7, 11) is 0. The van der Waals surface area contributed by atoms with Crippen molar-refractivity contribution in [3.8, 4) is 0 Å². The fourth-order valence-corrected chi connectivity index (χ4v) is 3.09. The predicted octanol–water partition coefficient (Wildman–Crippen LogP) is 4.42. The van der Waals surface area contributed by atoms with E-state index in [-0.39, 0.29) is 5.82 Å². The molecule has 0 saturated heterocycles. The molecule has 2 aromatic heterocycles. The molecule has 0 unspecified atom stereocenters. The molecule has 0 saturated carbocycles. The summed E-state index contributed by atoms with van der Waals surface area (Å²) < 4.78 is 15.0. The molecule has 0 amide bonds. The highest BCUT2D eigenvalue weighted by Gasteiger charge is 2.06. The van der Waals surface area contributed by atoms with Gasteiger partial charge in [-0.15, -0.1) is 0 Å². The van der Waals surface area contributed by atoms with Crippen molar-refractivity contribution < 1.29 is 4.39 Å². The maximum atomic E-state index is 13.0. The van der Waals surface area contributed by atoms with Gasteiger partial charge in [0.25, 0.3) is 0 Å². The van der Waals surface area contributed by atoms with Gasteiger partial charge in [-0.25, -0.2) is 9.37 Å². The Balaban J connectivity index is 1.82. The summed E-state index contributed by atoms with van der Waals surface area (Å²) in [6.07, 6.45) is 3.80. The molecule has 0 N–H and O–H groups in total. The Morgan fingerprint density at radius 3 is 3.00 bits per heavy atom. The minimum Gasteiger partial charge on any atom is -0.295 e. The van der Waals surface area contributed by atoms with Gasteiger partial charge in [0.2, 0.25) is 0 Å². The minimum atomic E-state index is -0.315. The number of fused-ring (bicyclic) bond motifs is 1. The largest absolute Gasteiger partial charge is 0.295 e. The molecule has 0 aliphatic carbocycles. The Morgan fingerprint density at radius 1 is 1.26 bits per heavy atom. The van der Waals surface area contributed by atoms with E-state index in [1.165, 1.54) is 12.1 Å². The van der Waals surface area contributed by atoms with Crippen molar-refractivity contribution >= 4 is 28.9 Å². The molecule has 2 nitrogen and oxygen atoms in total. The van der Waals surface area contributed by atoms with Crippen LogP contribution in [-0.4, -0.2) is 9.38 Å². The number of imidazole rings is 1. The Morgan fingerprint density at radius 2 is 2.16 bits per heavy atom. The van der Waals surface area contributed by atoms with Crippen LogP contribution in [0.15, 0.2) is 53.9 Å². The van der Waals surface area contributed by atoms with Gasteiger partial charge in [0.05, 0.1) is 11.7 Å². The van der Waals surface area contributed by atoms with Crippen LogP contribution in [0.25, 0.3) is 5.52 Å². The molecule has 0 bridgehead atoms. The van der Waals surface area contributed by atoms with E-state index in [2.05, 4.69) is 4.98 Å². The molecule has 96 valence electrons. The number of hydrogen-bond donors (Lipinski definition) is 0. The summed E-state index contributed by atoms with van der Waals surface area (Å²) in [5, 5.41) is 1.35. The van der Waals surface area contributed by atoms with Gasteiger partial charge in [-0.05, 0) is 29.8 Å². The van der Waals surface area contributed by atoms with Crippen LogP contribution < -0.4 is 0 Å². The second-order valence-corrected chi connectivity index (χ2v) is 5.41. The van der Waals surface area contributed by atoms with Gasteiger partial charge in [-0.3, -0.25) is 4.40 Å². The van der Waals surface area contributed by atoms with Crippen LogP contribution in [0.3, 0.4) is 0 Å². The third kappa shape index (κ3) is 2.60. The fraction of sp³-hybridized carbons (Fsp3) is 0.0714. The van der Waals surface area contributed by atoms with Crippen molar-refractivity contribution in [1.29, 1.82) is 0 Å². The van der Waals surface area contributed by atoms with Crippen LogP contribution in [0.1, 0.15) is 5.56 Å². The normalized spacial score (nSPS) is 11.1. The van der Waals surface area contributed by atoms with Crippen LogP contribution in [0.4, 0.5) is 4.39 Å². The van der Waals surface area contributed by atoms with Crippen molar-refractivity contribution in [1.82, 2.24) is 9.38 Å². The number of thioether (sulfide) groups is 1. The number of rotatable bonds is 3. The average molecular weight is 293 g/mol. The monoisotopic (exact) mass is 292 g/mol. The lowest BCUT2D eigenvalue weighted by molar-refractivity contribution is 0.627. The summed E-state index contributed by atoms with van der Waals surface area (Å²) in [5.74, 6) is 0.345. The third-order valence-electron chi connectivity index (χ3n) is 2.78. The van der Waals surface area contributed by atoms with Crippen LogP contribution in [-0.2, 0) is 5.75 Å². The van der Waals surface area contributed by atoms with E-state index in [4.69, 9.17) is 11.6 Å². The van der Waals surface area contributed by atoms with Crippen LogP contribution >= 0.6 is 23.4 Å². The van der Waals surface area contributed by atoms with Crippen molar-refractivity contribution in [3.05, 3.63) is 65.2 Å². The minimum absolute atomic E-state index is 0.315. The zero-order chi connectivity index (χ0) is 13.2. The van der Waals surface area contributed by atoms with Gasteiger partial charge in [0.15, 0.2) is 5.16 Å². The van der Waals surface area contributed by atoms with E-state index in [1.54, 1.807) is 17.8 Å². The quantitative estimate of drug-likeness (QED) is 0.665. The smallest absolute Gasteiger partial charge is 0.172 e. The highest BCUT2D eigenvalue weighted by atomic mass is 35.5. The van der Waals surface area contributed by atoms with Crippen molar-refractivity contribution in [2.45, 2.75) is 10.9 Å². The zero-order valence-corrected chi connectivity index (χ0v) is 11.5. The maximum Gasteiger partial charge on any atom is 0.172 e. The lowest BCUT2D eigenvalue weighted by Gasteiger charge is -2.04. The number of pyridine rings is 1. The first-order chi connectivity index (χ1) is 9.24. The molecule has 0 aliphatic rings. The van der Waals surface area contributed by atoms with Crippen LogP contribution in [0, 0.1) is 5.82 Å². The molecule has 0 fully saturated rings. The van der Waals surface area contributed by atoms with Crippen molar-refractivity contribution in [2.24, 2.45) is 0 Å². The molecule has 19 heavy (non-hydrogen) atoms. The fourth-order valence-electron chi connectivity index (χ4n) is 1.81. The maximum absolute atomic E-state index is 13.0. The highest BCUT2D eigenvalue weighted by Crippen LogP contribution is 2.26. The molecular weight excluding hydrogens is 283 g/mol. The molecule has 0 spiro atoms. The molecule has 3 aromatic rings. The Bertz CT molecular complexity index is 726. The van der Waals surface area contributed by atoms with Gasteiger partial charge >= 0.3 is 0 Å². The average Bonchev–Trinajstić information content (AvgIpc) is 2.81. The standard InChI is InChI=1S/C14H10ClFN2S/c15-13-7-11(16)5-4-10(13)9-19-14-17-8-12-3-1-2-6-18(12)14/h1-8H,9H2. The van der Waals surface area contributed by atoms with Crippen LogP contribution in [0.2, 0.25) is 5.02 Å². The predicted molar refractivity (Wildman–Crippen MR) is 76.2 cm³/mol. The van der Waals surface area contributed by atoms with Gasteiger partial charge < -0.3 is 0 Å². The van der Waals surface area contributed by atoms with E-state index < -0.39 is 0 Å². The van der Waals surface area contributed by atoms with E-state index in [0.29, 0.717) is 10.8 Å². The Labute approximate surface area is 119 Å². The van der Waals surface area contributed by atoms with Gasteiger partial charge in [-0.2, -0.15) is 0 Å². The lowest BCUT2D eigenvalue weighted by Crippen LogP contribution is -1.89. The summed E-state index contributed by atoms with van der Waals surface area (Å²) in [6, 6.07) is 10.4. The first-order valence-electron chi connectivity index (χ1n) is 5.73. The first-order valence-corrected chi connectivity index (χ1v) is 7.09. The second kappa shape index (κ2) is 5.23. The molecule has 2 heterocycles. The second-order valence-electron chi connectivity index (χ2n) is 4.06. The number of nitrogens with zero attached hydrogens (tertiary/aromatic N) is 2. The third-order valence-corrected chi connectivity index (χ3v) is 4.14. The van der Waals surface area contributed by atoms with Crippen molar-refractivity contribution in [2.75, 3.05) is 0 Å². The number of hydrogen-bond acceptors (Lipinski definition) is 2. The summed E-state index contributed by atoms with van der Waals surface area (Å²) in [6.45, 7) is 0. The van der Waals surface area contributed by atoms with Gasteiger partial charge in [0.1, 0.15) is 5.82 Å². The zero-order valence-electron chi connectivity index (χ0n) is 9.88. The van der Waals surface area contributed by atoms with Gasteiger partial charge in [0, 0.05) is 17.0 Å². The molecule has 0 atom stereocenters. The number of halogens is 2. The Hall–Kier alpha value is -1.52. The first kappa shape index (κ1) is 12.5. The van der Waals surface area contributed by atoms with E-state index in [9.17, 15) is 4.39 Å². The lowest BCUT2D eigenvalue weighted by atomic mass is 10.2.